The highest BCUT2D eigenvalue weighted by molar-refractivity contribution is 6.30. The Morgan fingerprint density at radius 1 is 1.11 bits per heavy atom. The molecule has 5 nitrogen and oxygen atoms in total. The minimum Gasteiger partial charge on any atom is -0.381 e. The molecule has 1 saturated heterocycles. The highest BCUT2D eigenvalue weighted by atomic mass is 35.5. The summed E-state index contributed by atoms with van der Waals surface area (Å²) in [5.41, 5.74) is 1.50. The van der Waals surface area contributed by atoms with E-state index in [1.807, 2.05) is 24.3 Å². The van der Waals surface area contributed by atoms with Crippen LogP contribution in [0, 0.1) is 0 Å². The SMILES string of the molecule is C=CC(=O)Nc1cccc(C(=O)NC2(c3ccc(Cl)cc3)CCOCC2)c1. The Balaban J connectivity index is 1.85. The molecule has 0 radical (unpaired) electrons. The van der Waals surface area contributed by atoms with Gasteiger partial charge in [-0.25, -0.2) is 0 Å². The van der Waals surface area contributed by atoms with Crippen LogP contribution in [0.5, 0.6) is 0 Å². The van der Waals surface area contributed by atoms with E-state index in [4.69, 9.17) is 16.3 Å². The molecule has 1 heterocycles. The van der Waals surface area contributed by atoms with Crippen LogP contribution >= 0.6 is 11.6 Å². The minimum absolute atomic E-state index is 0.207. The van der Waals surface area contributed by atoms with Crippen LogP contribution in [0.4, 0.5) is 5.69 Å². The predicted molar refractivity (Wildman–Crippen MR) is 106 cm³/mol. The molecule has 2 aromatic carbocycles. The standard InChI is InChI=1S/C21H21ClN2O3/c1-2-19(25)23-18-5-3-4-15(14-18)20(26)24-21(10-12-27-13-11-21)16-6-8-17(22)9-7-16/h2-9,14H,1,10-13H2,(H,23,25)(H,24,26). The van der Waals surface area contributed by atoms with Crippen molar-refractivity contribution in [1.29, 1.82) is 0 Å². The number of anilines is 1. The van der Waals surface area contributed by atoms with Crippen molar-refractivity contribution in [1.82, 2.24) is 5.32 Å². The molecule has 2 aromatic rings. The fraction of sp³-hybridized carbons (Fsp3) is 0.238. The van der Waals surface area contributed by atoms with Crippen LogP contribution in [0.15, 0.2) is 61.2 Å². The molecule has 1 aliphatic rings. The largest absolute Gasteiger partial charge is 0.381 e. The first-order chi connectivity index (χ1) is 13.0. The van der Waals surface area contributed by atoms with Crippen molar-refractivity contribution in [3.63, 3.8) is 0 Å². The number of carbonyl (C=O) groups is 2. The maximum absolute atomic E-state index is 13.0. The third-order valence-corrected chi connectivity index (χ3v) is 4.93. The smallest absolute Gasteiger partial charge is 0.252 e. The van der Waals surface area contributed by atoms with Crippen LogP contribution in [0.1, 0.15) is 28.8 Å². The van der Waals surface area contributed by atoms with Gasteiger partial charge in [-0.15, -0.1) is 0 Å². The van der Waals surface area contributed by atoms with E-state index in [1.165, 1.54) is 6.08 Å². The zero-order valence-electron chi connectivity index (χ0n) is 14.8. The molecule has 3 rings (SSSR count). The molecule has 0 spiro atoms. The quantitative estimate of drug-likeness (QED) is 0.768. The number of ether oxygens (including phenoxy) is 1. The predicted octanol–water partition coefficient (Wildman–Crippen LogP) is 3.90. The monoisotopic (exact) mass is 384 g/mol. The molecular weight excluding hydrogens is 364 g/mol. The molecule has 1 fully saturated rings. The van der Waals surface area contributed by atoms with E-state index < -0.39 is 5.54 Å². The average Bonchev–Trinajstić information content (AvgIpc) is 2.69. The van der Waals surface area contributed by atoms with Crippen molar-refractivity contribution >= 4 is 29.1 Å². The molecule has 0 aliphatic carbocycles. The Hall–Kier alpha value is -2.63. The first-order valence-electron chi connectivity index (χ1n) is 8.72. The number of nitrogens with one attached hydrogen (secondary N) is 2. The summed E-state index contributed by atoms with van der Waals surface area (Å²) in [4.78, 5) is 24.4. The fourth-order valence-corrected chi connectivity index (χ4v) is 3.32. The molecule has 0 saturated carbocycles. The highest BCUT2D eigenvalue weighted by Gasteiger charge is 2.36. The minimum atomic E-state index is -0.514. The van der Waals surface area contributed by atoms with Crippen molar-refractivity contribution in [2.75, 3.05) is 18.5 Å². The van der Waals surface area contributed by atoms with Crippen LogP contribution < -0.4 is 10.6 Å². The van der Waals surface area contributed by atoms with E-state index in [9.17, 15) is 9.59 Å². The molecular formula is C21H21ClN2O3. The van der Waals surface area contributed by atoms with Gasteiger partial charge in [-0.1, -0.05) is 36.4 Å². The van der Waals surface area contributed by atoms with Crippen molar-refractivity contribution in [2.45, 2.75) is 18.4 Å². The van der Waals surface area contributed by atoms with Crippen LogP contribution in [-0.2, 0) is 15.1 Å². The summed E-state index contributed by atoms with van der Waals surface area (Å²) in [5.74, 6) is -0.531. The normalized spacial score (nSPS) is 15.6. The maximum Gasteiger partial charge on any atom is 0.252 e. The number of amides is 2. The van der Waals surface area contributed by atoms with E-state index >= 15 is 0 Å². The van der Waals surface area contributed by atoms with Crippen LogP contribution in [0.25, 0.3) is 0 Å². The van der Waals surface area contributed by atoms with Crippen molar-refractivity contribution in [2.24, 2.45) is 0 Å². The van der Waals surface area contributed by atoms with Gasteiger partial charge in [-0.05, 0) is 54.8 Å². The average molecular weight is 385 g/mol. The molecule has 2 amide bonds. The van der Waals surface area contributed by atoms with E-state index in [0.717, 1.165) is 5.56 Å². The fourth-order valence-electron chi connectivity index (χ4n) is 3.20. The summed E-state index contributed by atoms with van der Waals surface area (Å²) < 4.78 is 5.50. The third-order valence-electron chi connectivity index (χ3n) is 4.67. The lowest BCUT2D eigenvalue weighted by Crippen LogP contribution is -2.49. The summed E-state index contributed by atoms with van der Waals surface area (Å²) in [6, 6.07) is 14.3. The van der Waals surface area contributed by atoms with Crippen molar-refractivity contribution in [3.8, 4) is 0 Å². The molecule has 0 atom stereocenters. The lowest BCUT2D eigenvalue weighted by Gasteiger charge is -2.38. The van der Waals surface area contributed by atoms with E-state index in [2.05, 4.69) is 17.2 Å². The lowest BCUT2D eigenvalue weighted by atomic mass is 9.82. The van der Waals surface area contributed by atoms with Gasteiger partial charge < -0.3 is 15.4 Å². The Kier molecular flexibility index (Phi) is 5.94. The Morgan fingerprint density at radius 2 is 1.81 bits per heavy atom. The summed E-state index contributed by atoms with van der Waals surface area (Å²) >= 11 is 6.01. The van der Waals surface area contributed by atoms with Gasteiger partial charge in [-0.2, -0.15) is 0 Å². The van der Waals surface area contributed by atoms with Gasteiger partial charge in [0.15, 0.2) is 0 Å². The summed E-state index contributed by atoms with van der Waals surface area (Å²) in [7, 11) is 0. The Morgan fingerprint density at radius 3 is 2.48 bits per heavy atom. The zero-order valence-corrected chi connectivity index (χ0v) is 15.6. The second-order valence-electron chi connectivity index (χ2n) is 6.43. The third kappa shape index (κ3) is 4.56. The van der Waals surface area contributed by atoms with Gasteiger partial charge in [-0.3, -0.25) is 9.59 Å². The summed E-state index contributed by atoms with van der Waals surface area (Å²) in [6.45, 7) is 4.56. The van der Waals surface area contributed by atoms with E-state index in [0.29, 0.717) is 42.3 Å². The maximum atomic E-state index is 13.0. The molecule has 0 bridgehead atoms. The zero-order chi connectivity index (χ0) is 19.3. The molecule has 140 valence electrons. The number of hydrogen-bond acceptors (Lipinski definition) is 3. The van der Waals surface area contributed by atoms with Crippen LogP contribution in [0.3, 0.4) is 0 Å². The van der Waals surface area contributed by atoms with Crippen LogP contribution in [-0.4, -0.2) is 25.0 Å². The van der Waals surface area contributed by atoms with Gasteiger partial charge in [0.05, 0.1) is 5.54 Å². The van der Waals surface area contributed by atoms with Gasteiger partial charge in [0.25, 0.3) is 5.91 Å². The van der Waals surface area contributed by atoms with E-state index in [1.54, 1.807) is 24.3 Å². The second-order valence-corrected chi connectivity index (χ2v) is 6.87. The number of benzene rings is 2. The number of carbonyl (C=O) groups excluding carboxylic acids is 2. The number of rotatable bonds is 5. The van der Waals surface area contributed by atoms with Gasteiger partial charge in [0.1, 0.15) is 0 Å². The molecule has 2 N–H and O–H groups in total. The topological polar surface area (TPSA) is 67.4 Å². The Bertz CT molecular complexity index is 843. The molecule has 0 aromatic heterocycles. The van der Waals surface area contributed by atoms with Gasteiger partial charge >= 0.3 is 0 Å². The first kappa shape index (κ1) is 19.1. The summed E-state index contributed by atoms with van der Waals surface area (Å²) in [5, 5.41) is 6.50. The summed E-state index contributed by atoms with van der Waals surface area (Å²) in [6.07, 6.45) is 2.53. The molecule has 1 aliphatic heterocycles. The molecule has 27 heavy (non-hydrogen) atoms. The van der Waals surface area contributed by atoms with Crippen LogP contribution in [0.2, 0.25) is 5.02 Å². The molecule has 0 unspecified atom stereocenters. The molecule has 6 heteroatoms. The van der Waals surface area contributed by atoms with Crippen molar-refractivity contribution in [3.05, 3.63) is 77.3 Å². The van der Waals surface area contributed by atoms with Gasteiger partial charge in [0.2, 0.25) is 5.91 Å². The van der Waals surface area contributed by atoms with E-state index in [-0.39, 0.29) is 11.8 Å². The first-order valence-corrected chi connectivity index (χ1v) is 9.10. The van der Waals surface area contributed by atoms with Gasteiger partial charge in [0, 0.05) is 29.5 Å². The Labute approximate surface area is 163 Å². The number of halogens is 1. The number of hydrogen-bond donors (Lipinski definition) is 2. The highest BCUT2D eigenvalue weighted by Crippen LogP contribution is 2.33. The lowest BCUT2D eigenvalue weighted by molar-refractivity contribution is -0.111. The second kappa shape index (κ2) is 8.37. The van der Waals surface area contributed by atoms with Crippen molar-refractivity contribution < 1.29 is 14.3 Å².